The maximum Gasteiger partial charge on any atom is 0.384 e. The fourth-order valence-corrected chi connectivity index (χ4v) is 3.36. The lowest BCUT2D eigenvalue weighted by atomic mass is 10.1. The number of hydrogen-bond donors (Lipinski definition) is 0. The molecule has 144 valence electrons. The lowest BCUT2D eigenvalue weighted by molar-refractivity contribution is -0.263. The number of carbonyl (C=O) groups is 1. The third kappa shape index (κ3) is 13.9. The van der Waals surface area contributed by atoms with E-state index in [4.69, 9.17) is 23.9 Å². The first-order valence-corrected chi connectivity index (χ1v) is 10.7. The molecule has 0 spiro atoms. The summed E-state index contributed by atoms with van der Waals surface area (Å²) in [5, 5.41) is 0. The summed E-state index contributed by atoms with van der Waals surface area (Å²) in [6.07, 6.45) is 7.55. The molecule has 0 radical (unpaired) electrons. The maximum absolute atomic E-state index is 12.3. The molecule has 0 aliphatic heterocycles. The first-order valence-electron chi connectivity index (χ1n) is 8.95. The van der Waals surface area contributed by atoms with Crippen molar-refractivity contribution in [1.82, 2.24) is 0 Å². The van der Waals surface area contributed by atoms with Crippen molar-refractivity contribution in [1.29, 1.82) is 0 Å². The first kappa shape index (κ1) is 23.5. The van der Waals surface area contributed by atoms with E-state index < -0.39 is 7.60 Å². The zero-order valence-electron chi connectivity index (χ0n) is 15.3. The highest BCUT2D eigenvalue weighted by atomic mass is 31.2. The van der Waals surface area contributed by atoms with Crippen molar-refractivity contribution in [2.75, 3.05) is 26.0 Å². The average molecular weight is 368 g/mol. The Morgan fingerprint density at radius 1 is 0.750 bits per heavy atom. The second kappa shape index (κ2) is 16.0. The number of hydrogen-bond acceptors (Lipinski definition) is 7. The van der Waals surface area contributed by atoms with Crippen molar-refractivity contribution in [3.63, 3.8) is 0 Å². The highest BCUT2D eigenvalue weighted by Gasteiger charge is 2.27. The molecule has 24 heavy (non-hydrogen) atoms. The van der Waals surface area contributed by atoms with Crippen LogP contribution in [0, 0.1) is 0 Å². The van der Waals surface area contributed by atoms with E-state index >= 15 is 0 Å². The number of ether oxygens (including phenoxy) is 1. The molecule has 0 saturated carbocycles. The Hall–Kier alpha value is -0.460. The number of unbranched alkanes of at least 4 members (excludes halogenated alkanes) is 6. The van der Waals surface area contributed by atoms with E-state index in [1.54, 1.807) is 13.8 Å². The van der Waals surface area contributed by atoms with Gasteiger partial charge >= 0.3 is 13.6 Å². The van der Waals surface area contributed by atoms with Crippen LogP contribution < -0.4 is 0 Å². The summed E-state index contributed by atoms with van der Waals surface area (Å²) in [6, 6.07) is 0. The molecule has 0 heterocycles. The van der Waals surface area contributed by atoms with Crippen LogP contribution in [0.4, 0.5) is 0 Å². The Morgan fingerprint density at radius 2 is 1.25 bits per heavy atom. The summed E-state index contributed by atoms with van der Waals surface area (Å²) in [6.45, 7) is 6.34. The van der Waals surface area contributed by atoms with Gasteiger partial charge in [-0.1, -0.05) is 32.1 Å². The van der Waals surface area contributed by atoms with Gasteiger partial charge in [0, 0.05) is 6.42 Å². The molecule has 0 fully saturated rings. The Morgan fingerprint density at radius 3 is 1.75 bits per heavy atom. The van der Waals surface area contributed by atoms with Crippen LogP contribution >= 0.6 is 7.60 Å². The Kier molecular flexibility index (Phi) is 15.7. The smallest absolute Gasteiger partial charge is 0.384 e. The molecule has 0 aliphatic rings. The summed E-state index contributed by atoms with van der Waals surface area (Å²) in [5.41, 5.74) is 0. The molecule has 0 atom stereocenters. The monoisotopic (exact) mass is 368 g/mol. The van der Waals surface area contributed by atoms with Crippen LogP contribution in [0.1, 0.15) is 72.1 Å². The SMILES string of the molecule is CCOOP(=O)(CCCCCCCCCC(=O)OCC)OOCC. The molecule has 0 amide bonds. The second-order valence-electron chi connectivity index (χ2n) is 5.33. The van der Waals surface area contributed by atoms with E-state index in [0.29, 0.717) is 26.2 Å². The van der Waals surface area contributed by atoms with Gasteiger partial charge in [-0.2, -0.15) is 0 Å². The Balaban J connectivity index is 3.64. The van der Waals surface area contributed by atoms with Gasteiger partial charge in [0.1, 0.15) is 0 Å². The van der Waals surface area contributed by atoms with Gasteiger partial charge in [0.2, 0.25) is 0 Å². The summed E-state index contributed by atoms with van der Waals surface area (Å²) in [7, 11) is -3.33. The van der Waals surface area contributed by atoms with Crippen molar-refractivity contribution in [2.24, 2.45) is 0 Å². The van der Waals surface area contributed by atoms with Crippen molar-refractivity contribution >= 4 is 13.6 Å². The molecule has 0 saturated heterocycles. The molecular weight excluding hydrogens is 335 g/mol. The minimum atomic E-state index is -3.33. The van der Waals surface area contributed by atoms with Gasteiger partial charge in [0.05, 0.1) is 26.0 Å². The minimum absolute atomic E-state index is 0.114. The van der Waals surface area contributed by atoms with Gasteiger partial charge in [-0.25, -0.2) is 9.78 Å². The first-order chi connectivity index (χ1) is 11.6. The highest BCUT2D eigenvalue weighted by Crippen LogP contribution is 2.49. The summed E-state index contributed by atoms with van der Waals surface area (Å²) in [5.74, 6) is -0.114. The van der Waals surface area contributed by atoms with Crippen molar-refractivity contribution in [3.8, 4) is 0 Å². The van der Waals surface area contributed by atoms with Crippen LogP contribution in [0.25, 0.3) is 0 Å². The van der Waals surface area contributed by atoms with Crippen LogP contribution in [0.3, 0.4) is 0 Å². The molecular formula is C16H33O7P. The molecule has 0 N–H and O–H groups in total. The van der Waals surface area contributed by atoms with E-state index in [-0.39, 0.29) is 12.1 Å². The van der Waals surface area contributed by atoms with Gasteiger partial charge in [-0.05, 0) is 33.6 Å². The second-order valence-corrected chi connectivity index (χ2v) is 7.29. The molecule has 0 bridgehead atoms. The Bertz CT molecular complexity index is 337. The zero-order valence-corrected chi connectivity index (χ0v) is 16.2. The number of carbonyl (C=O) groups excluding carboxylic acids is 1. The molecule has 0 aromatic heterocycles. The standard InChI is InChI=1S/C16H33O7P/c1-4-19-16(17)14-12-10-8-7-9-11-13-15-24(18,22-20-5-2)23-21-6-3/h4-15H2,1-3H3. The lowest BCUT2D eigenvalue weighted by Crippen LogP contribution is -2.03. The normalized spacial score (nSPS) is 11.6. The zero-order chi connectivity index (χ0) is 18.1. The van der Waals surface area contributed by atoms with Crippen LogP contribution in [0.2, 0.25) is 0 Å². The molecule has 7 nitrogen and oxygen atoms in total. The van der Waals surface area contributed by atoms with Crippen LogP contribution in [0.5, 0.6) is 0 Å². The topological polar surface area (TPSA) is 80.3 Å². The predicted octanol–water partition coefficient (Wildman–Crippen LogP) is 4.80. The van der Waals surface area contributed by atoms with E-state index in [2.05, 4.69) is 0 Å². The van der Waals surface area contributed by atoms with Crippen LogP contribution in [-0.4, -0.2) is 32.0 Å². The minimum Gasteiger partial charge on any atom is -0.466 e. The van der Waals surface area contributed by atoms with Crippen molar-refractivity contribution in [3.05, 3.63) is 0 Å². The van der Waals surface area contributed by atoms with E-state index in [1.165, 1.54) is 0 Å². The van der Waals surface area contributed by atoms with Crippen molar-refractivity contribution in [2.45, 2.75) is 72.1 Å². The van der Waals surface area contributed by atoms with Crippen molar-refractivity contribution < 1.29 is 33.2 Å². The molecule has 8 heteroatoms. The number of rotatable bonds is 17. The van der Waals surface area contributed by atoms with Gasteiger partial charge < -0.3 is 4.74 Å². The average Bonchev–Trinajstić information content (AvgIpc) is 2.57. The van der Waals surface area contributed by atoms with Gasteiger partial charge in [-0.15, -0.1) is 9.35 Å². The predicted molar refractivity (Wildman–Crippen MR) is 91.5 cm³/mol. The quantitative estimate of drug-likeness (QED) is 0.120. The molecule has 0 aromatic carbocycles. The fraction of sp³-hybridized carbons (Fsp3) is 0.938. The largest absolute Gasteiger partial charge is 0.466 e. The molecule has 0 rings (SSSR count). The summed E-state index contributed by atoms with van der Waals surface area (Å²) < 4.78 is 26.9. The van der Waals surface area contributed by atoms with E-state index in [1.807, 2.05) is 6.92 Å². The van der Waals surface area contributed by atoms with E-state index in [9.17, 15) is 9.36 Å². The third-order valence-electron chi connectivity index (χ3n) is 3.19. The number of esters is 1. The molecule has 0 aliphatic carbocycles. The Labute approximate surface area is 145 Å². The lowest BCUT2D eigenvalue weighted by Gasteiger charge is -2.15. The van der Waals surface area contributed by atoms with Gasteiger partial charge in [0.15, 0.2) is 0 Å². The third-order valence-corrected chi connectivity index (χ3v) is 4.72. The maximum atomic E-state index is 12.3. The summed E-state index contributed by atoms with van der Waals surface area (Å²) in [4.78, 5) is 20.7. The van der Waals surface area contributed by atoms with E-state index in [0.717, 1.165) is 44.9 Å². The van der Waals surface area contributed by atoms with Gasteiger partial charge in [0.25, 0.3) is 0 Å². The highest BCUT2D eigenvalue weighted by molar-refractivity contribution is 7.53. The summed E-state index contributed by atoms with van der Waals surface area (Å²) >= 11 is 0. The molecule has 0 unspecified atom stereocenters. The van der Waals surface area contributed by atoms with Crippen LogP contribution in [0.15, 0.2) is 0 Å². The van der Waals surface area contributed by atoms with Crippen LogP contribution in [-0.2, 0) is 33.2 Å². The van der Waals surface area contributed by atoms with Gasteiger partial charge in [-0.3, -0.25) is 9.36 Å². The fourth-order valence-electron chi connectivity index (χ4n) is 2.04. The molecule has 0 aromatic rings.